The Hall–Kier alpha value is -2.13. The molecule has 3 N–H and O–H groups in total. The van der Waals surface area contributed by atoms with Gasteiger partial charge in [0.1, 0.15) is 11.0 Å². The number of aromatic nitrogens is 2. The van der Waals surface area contributed by atoms with Crippen LogP contribution >= 0.6 is 11.6 Å². The van der Waals surface area contributed by atoms with E-state index in [4.69, 9.17) is 16.3 Å². The van der Waals surface area contributed by atoms with Gasteiger partial charge in [0, 0.05) is 11.1 Å². The van der Waals surface area contributed by atoms with Crippen molar-refractivity contribution in [1.29, 1.82) is 0 Å². The Morgan fingerprint density at radius 3 is 2.33 bits per heavy atom. The summed E-state index contributed by atoms with van der Waals surface area (Å²) in [4.78, 5) is 3.61. The maximum atomic E-state index is 12.8. The average molecular weight is 408 g/mol. The van der Waals surface area contributed by atoms with Crippen molar-refractivity contribution < 1.29 is 28.1 Å². The highest BCUT2D eigenvalue weighted by molar-refractivity contribution is 6.30. The van der Waals surface area contributed by atoms with Crippen LogP contribution in [0.2, 0.25) is 5.15 Å². The fourth-order valence-corrected chi connectivity index (χ4v) is 2.53. The molecule has 0 aliphatic heterocycles. The Labute approximate surface area is 159 Å². The molecule has 0 saturated heterocycles. The highest BCUT2D eigenvalue weighted by Crippen LogP contribution is 2.36. The summed E-state index contributed by atoms with van der Waals surface area (Å²) in [6, 6.07) is 1.80. The van der Waals surface area contributed by atoms with Crippen LogP contribution in [0.1, 0.15) is 37.5 Å². The topological polar surface area (TPSA) is 79.5 Å². The normalized spacial score (nSPS) is 12.4. The van der Waals surface area contributed by atoms with E-state index in [0.29, 0.717) is 17.7 Å². The van der Waals surface area contributed by atoms with Crippen LogP contribution < -0.4 is 5.43 Å². The van der Waals surface area contributed by atoms with Crippen LogP contribution in [0.4, 0.5) is 19.0 Å². The number of alkyl halides is 3. The molecule has 2 aromatic rings. The first-order valence-corrected chi connectivity index (χ1v) is 8.39. The smallest absolute Gasteiger partial charge is 0.419 e. The summed E-state index contributed by atoms with van der Waals surface area (Å²) in [5, 5.41) is 19.8. The Morgan fingerprint density at radius 2 is 1.81 bits per heavy atom. The SMILES string of the molecule is Cc1c(COCC(C)(C)C)c(O)n(Nc2ccc(C(F)(F)F)c(Cl)n2)c1O. The van der Waals surface area contributed by atoms with Gasteiger partial charge in [0.15, 0.2) is 0 Å². The Morgan fingerprint density at radius 1 is 1.19 bits per heavy atom. The zero-order chi connectivity index (χ0) is 20.6. The van der Waals surface area contributed by atoms with E-state index in [1.807, 2.05) is 20.8 Å². The first kappa shape index (κ1) is 21.2. The average Bonchev–Trinajstić information content (AvgIpc) is 2.70. The minimum Gasteiger partial charge on any atom is -0.493 e. The summed E-state index contributed by atoms with van der Waals surface area (Å²) < 4.78 is 44.7. The molecule has 150 valence electrons. The van der Waals surface area contributed by atoms with Crippen molar-refractivity contribution in [2.75, 3.05) is 12.0 Å². The standard InChI is InChI=1S/C17H21ClF3N3O3/c1-9-10(7-27-8-16(2,3)4)15(26)24(14(9)25)23-12-6-5-11(13(18)22-12)17(19,20)21/h5-6,25-26H,7-8H2,1-4H3,(H,22,23). The van der Waals surface area contributed by atoms with E-state index >= 15 is 0 Å². The molecule has 27 heavy (non-hydrogen) atoms. The summed E-state index contributed by atoms with van der Waals surface area (Å²) in [6.07, 6.45) is -4.63. The van der Waals surface area contributed by atoms with Crippen LogP contribution in [0.25, 0.3) is 0 Å². The van der Waals surface area contributed by atoms with Crippen LogP contribution in [0, 0.1) is 12.3 Å². The number of nitrogens with one attached hydrogen (secondary N) is 1. The lowest BCUT2D eigenvalue weighted by Gasteiger charge is -2.18. The highest BCUT2D eigenvalue weighted by Gasteiger charge is 2.34. The van der Waals surface area contributed by atoms with Crippen molar-refractivity contribution in [2.24, 2.45) is 5.41 Å². The first-order valence-electron chi connectivity index (χ1n) is 8.02. The third-order valence-electron chi connectivity index (χ3n) is 3.64. The third-order valence-corrected chi connectivity index (χ3v) is 3.93. The van der Waals surface area contributed by atoms with Gasteiger partial charge in [-0.15, -0.1) is 0 Å². The van der Waals surface area contributed by atoms with Crippen molar-refractivity contribution in [3.8, 4) is 11.8 Å². The molecule has 6 nitrogen and oxygen atoms in total. The van der Waals surface area contributed by atoms with Gasteiger partial charge < -0.3 is 14.9 Å². The molecule has 0 spiro atoms. The molecule has 10 heteroatoms. The van der Waals surface area contributed by atoms with Crippen molar-refractivity contribution in [3.05, 3.63) is 34.0 Å². The third kappa shape index (κ3) is 4.98. The molecular formula is C17H21ClF3N3O3. The lowest BCUT2D eigenvalue weighted by atomic mass is 9.99. The minimum atomic E-state index is -4.63. The predicted molar refractivity (Wildman–Crippen MR) is 94.9 cm³/mol. The number of hydrogen-bond acceptors (Lipinski definition) is 5. The van der Waals surface area contributed by atoms with Crippen LogP contribution in [0.5, 0.6) is 11.8 Å². The molecule has 0 radical (unpaired) electrons. The maximum absolute atomic E-state index is 12.8. The summed E-state index contributed by atoms with van der Waals surface area (Å²) in [6.45, 7) is 8.04. The van der Waals surface area contributed by atoms with E-state index < -0.39 is 16.9 Å². The quantitative estimate of drug-likeness (QED) is 0.625. The highest BCUT2D eigenvalue weighted by atomic mass is 35.5. The zero-order valence-corrected chi connectivity index (χ0v) is 16.0. The van der Waals surface area contributed by atoms with Crippen LogP contribution in [0.3, 0.4) is 0 Å². The number of halogens is 4. The minimum absolute atomic E-state index is 0.0539. The van der Waals surface area contributed by atoms with E-state index in [0.717, 1.165) is 16.8 Å². The molecule has 0 unspecified atom stereocenters. The number of rotatable bonds is 5. The van der Waals surface area contributed by atoms with E-state index in [9.17, 15) is 23.4 Å². The number of nitrogens with zero attached hydrogens (tertiary/aromatic N) is 2. The first-order chi connectivity index (χ1) is 12.3. The molecule has 0 aliphatic carbocycles. The maximum Gasteiger partial charge on any atom is 0.419 e. The second-order valence-corrected chi connectivity index (χ2v) is 7.64. The van der Waals surface area contributed by atoms with Crippen molar-refractivity contribution in [3.63, 3.8) is 0 Å². The molecule has 2 aromatic heterocycles. The van der Waals surface area contributed by atoms with Crippen LogP contribution in [-0.2, 0) is 17.5 Å². The van der Waals surface area contributed by atoms with Crippen LogP contribution in [-0.4, -0.2) is 26.5 Å². The van der Waals surface area contributed by atoms with Gasteiger partial charge in [-0.2, -0.15) is 17.8 Å². The van der Waals surface area contributed by atoms with Crippen LogP contribution in [0.15, 0.2) is 12.1 Å². The Balaban J connectivity index is 2.25. The largest absolute Gasteiger partial charge is 0.493 e. The number of aromatic hydroxyl groups is 2. The fraction of sp³-hybridized carbons (Fsp3) is 0.471. The lowest BCUT2D eigenvalue weighted by molar-refractivity contribution is -0.137. The van der Waals surface area contributed by atoms with E-state index in [-0.39, 0.29) is 29.6 Å². The van der Waals surface area contributed by atoms with Gasteiger partial charge in [-0.1, -0.05) is 32.4 Å². The molecule has 2 heterocycles. The zero-order valence-electron chi connectivity index (χ0n) is 15.3. The van der Waals surface area contributed by atoms with Gasteiger partial charge in [-0.3, -0.25) is 5.43 Å². The molecule has 0 saturated carbocycles. The lowest BCUT2D eigenvalue weighted by Crippen LogP contribution is -2.14. The monoisotopic (exact) mass is 407 g/mol. The van der Waals surface area contributed by atoms with Crippen molar-refractivity contribution in [2.45, 2.75) is 40.5 Å². The Kier molecular flexibility index (Phi) is 5.86. The predicted octanol–water partition coefficient (Wildman–Crippen LogP) is 4.71. The van der Waals surface area contributed by atoms with Gasteiger partial charge in [-0.25, -0.2) is 4.98 Å². The van der Waals surface area contributed by atoms with Gasteiger partial charge in [0.2, 0.25) is 11.8 Å². The van der Waals surface area contributed by atoms with Gasteiger partial charge in [0.25, 0.3) is 0 Å². The fourth-order valence-electron chi connectivity index (χ4n) is 2.27. The summed E-state index contributed by atoms with van der Waals surface area (Å²) >= 11 is 5.58. The van der Waals surface area contributed by atoms with Gasteiger partial charge >= 0.3 is 6.18 Å². The van der Waals surface area contributed by atoms with E-state index in [1.54, 1.807) is 6.92 Å². The molecule has 0 bridgehead atoms. The number of ether oxygens (including phenoxy) is 1. The summed E-state index contributed by atoms with van der Waals surface area (Å²) in [5.41, 5.74) is 2.09. The van der Waals surface area contributed by atoms with Gasteiger partial charge in [0.05, 0.1) is 18.8 Å². The molecular weight excluding hydrogens is 387 g/mol. The number of pyridine rings is 1. The Bertz CT molecular complexity index is 830. The molecule has 0 amide bonds. The number of hydrogen-bond donors (Lipinski definition) is 3. The second kappa shape index (κ2) is 7.47. The molecule has 0 aliphatic rings. The molecule has 0 atom stereocenters. The second-order valence-electron chi connectivity index (χ2n) is 7.28. The molecule has 0 aromatic carbocycles. The van der Waals surface area contributed by atoms with Gasteiger partial charge in [-0.05, 0) is 24.5 Å². The molecule has 0 fully saturated rings. The summed E-state index contributed by atoms with van der Waals surface area (Å²) in [5.74, 6) is -0.743. The van der Waals surface area contributed by atoms with E-state index in [2.05, 4.69) is 10.4 Å². The van der Waals surface area contributed by atoms with Crippen molar-refractivity contribution in [1.82, 2.24) is 9.66 Å². The summed E-state index contributed by atoms with van der Waals surface area (Å²) in [7, 11) is 0. The van der Waals surface area contributed by atoms with Crippen molar-refractivity contribution >= 4 is 17.4 Å². The van der Waals surface area contributed by atoms with E-state index in [1.165, 1.54) is 0 Å². The number of anilines is 1. The molecule has 2 rings (SSSR count).